The summed E-state index contributed by atoms with van der Waals surface area (Å²) >= 11 is 0. The van der Waals surface area contributed by atoms with Crippen molar-refractivity contribution in [1.82, 2.24) is 10.3 Å². The first-order valence-electron chi connectivity index (χ1n) is 6.12. The van der Waals surface area contributed by atoms with Gasteiger partial charge in [0.2, 0.25) is 0 Å². The Balaban J connectivity index is 2.51. The first kappa shape index (κ1) is 12.8. The van der Waals surface area contributed by atoms with Gasteiger partial charge in [-0.2, -0.15) is 0 Å². The van der Waals surface area contributed by atoms with Gasteiger partial charge < -0.3 is 15.0 Å². The van der Waals surface area contributed by atoms with E-state index in [4.69, 9.17) is 4.74 Å². The topological polar surface area (TPSA) is 54.5 Å². The Bertz CT molecular complexity index is 458. The second-order valence-corrected chi connectivity index (χ2v) is 4.60. The van der Waals surface area contributed by atoms with E-state index >= 15 is 0 Å². The van der Waals surface area contributed by atoms with Crippen molar-refractivity contribution in [1.29, 1.82) is 0 Å². The Kier molecular flexibility index (Phi) is 3.81. The van der Waals surface area contributed by atoms with Crippen molar-refractivity contribution in [2.24, 2.45) is 0 Å². The fourth-order valence-electron chi connectivity index (χ4n) is 2.17. The molecule has 1 aromatic heterocycles. The maximum absolute atomic E-state index is 11.8. The van der Waals surface area contributed by atoms with Crippen LogP contribution in [-0.4, -0.2) is 45.2 Å². The zero-order valence-electron chi connectivity index (χ0n) is 11.1. The zero-order valence-corrected chi connectivity index (χ0v) is 11.1. The van der Waals surface area contributed by atoms with Gasteiger partial charge >= 0.3 is 5.97 Å². The summed E-state index contributed by atoms with van der Waals surface area (Å²) in [4.78, 5) is 18.3. The summed E-state index contributed by atoms with van der Waals surface area (Å²) in [6, 6.07) is 1.93. The lowest BCUT2D eigenvalue weighted by molar-refractivity contribution is 0.0601. The molecule has 0 saturated carbocycles. The first-order chi connectivity index (χ1) is 8.63. The van der Waals surface area contributed by atoms with Crippen molar-refractivity contribution in [3.8, 4) is 0 Å². The number of nitrogens with zero attached hydrogens (tertiary/aromatic N) is 2. The fraction of sp³-hybridized carbons (Fsp3) is 0.538. The maximum Gasteiger partial charge on any atom is 0.341 e. The Morgan fingerprint density at radius 1 is 1.39 bits per heavy atom. The predicted octanol–water partition coefficient (Wildman–Crippen LogP) is 0.622. The molecule has 0 aromatic carbocycles. The summed E-state index contributed by atoms with van der Waals surface area (Å²) in [6.45, 7) is 1.86. The number of carbonyl (C=O) groups is 1. The molecule has 0 spiro atoms. The van der Waals surface area contributed by atoms with Gasteiger partial charge in [0, 0.05) is 32.8 Å². The third kappa shape index (κ3) is 2.46. The minimum atomic E-state index is -0.328. The van der Waals surface area contributed by atoms with Gasteiger partial charge in [0.15, 0.2) is 0 Å². The molecule has 0 radical (unpaired) electrons. The molecule has 0 unspecified atom stereocenters. The van der Waals surface area contributed by atoms with E-state index in [1.807, 2.05) is 25.1 Å². The second-order valence-electron chi connectivity index (χ2n) is 4.60. The van der Waals surface area contributed by atoms with Crippen LogP contribution in [0.15, 0.2) is 6.07 Å². The van der Waals surface area contributed by atoms with Crippen LogP contribution in [-0.2, 0) is 17.6 Å². The number of ether oxygens (including phenoxy) is 1. The minimum Gasteiger partial charge on any atom is -0.465 e. The molecule has 98 valence electrons. The molecule has 0 atom stereocenters. The molecule has 0 aliphatic carbocycles. The third-order valence-corrected chi connectivity index (χ3v) is 3.11. The Morgan fingerprint density at radius 2 is 2.11 bits per heavy atom. The van der Waals surface area contributed by atoms with Gasteiger partial charge in [0.05, 0.1) is 7.11 Å². The summed E-state index contributed by atoms with van der Waals surface area (Å²) in [5.41, 5.74) is 2.77. The van der Waals surface area contributed by atoms with Crippen molar-refractivity contribution in [2.45, 2.75) is 12.8 Å². The molecule has 2 heterocycles. The van der Waals surface area contributed by atoms with Crippen LogP contribution in [0.2, 0.25) is 0 Å². The summed E-state index contributed by atoms with van der Waals surface area (Å²) < 4.78 is 4.83. The average molecular weight is 249 g/mol. The van der Waals surface area contributed by atoms with Crippen molar-refractivity contribution in [3.63, 3.8) is 0 Å². The van der Waals surface area contributed by atoms with Crippen LogP contribution in [0.25, 0.3) is 0 Å². The van der Waals surface area contributed by atoms with Gasteiger partial charge in [0.25, 0.3) is 0 Å². The molecule has 1 aromatic rings. The van der Waals surface area contributed by atoms with E-state index < -0.39 is 0 Å². The molecular formula is C13H19N3O2. The number of hydrogen-bond donors (Lipinski definition) is 1. The van der Waals surface area contributed by atoms with E-state index in [2.05, 4.69) is 10.3 Å². The molecule has 0 saturated heterocycles. The Labute approximate surface area is 107 Å². The second kappa shape index (κ2) is 5.35. The third-order valence-electron chi connectivity index (χ3n) is 3.11. The van der Waals surface area contributed by atoms with Crippen LogP contribution in [0.1, 0.15) is 21.6 Å². The molecule has 2 rings (SSSR count). The lowest BCUT2D eigenvalue weighted by Crippen LogP contribution is -2.18. The Morgan fingerprint density at radius 3 is 2.78 bits per heavy atom. The monoisotopic (exact) mass is 249 g/mol. The average Bonchev–Trinajstić information content (AvgIpc) is 2.60. The highest BCUT2D eigenvalue weighted by Crippen LogP contribution is 2.22. The highest BCUT2D eigenvalue weighted by Gasteiger charge is 2.19. The molecule has 5 nitrogen and oxygen atoms in total. The van der Waals surface area contributed by atoms with Crippen LogP contribution in [0.4, 0.5) is 5.82 Å². The molecule has 18 heavy (non-hydrogen) atoms. The van der Waals surface area contributed by atoms with E-state index in [0.717, 1.165) is 37.2 Å². The number of rotatable bonds is 2. The van der Waals surface area contributed by atoms with E-state index in [1.54, 1.807) is 0 Å². The van der Waals surface area contributed by atoms with Crippen LogP contribution in [0.5, 0.6) is 0 Å². The quantitative estimate of drug-likeness (QED) is 0.779. The zero-order chi connectivity index (χ0) is 13.1. The summed E-state index contributed by atoms with van der Waals surface area (Å²) in [5.74, 6) is 0.355. The normalized spacial score (nSPS) is 14.6. The molecule has 0 fully saturated rings. The largest absolute Gasteiger partial charge is 0.465 e. The highest BCUT2D eigenvalue weighted by atomic mass is 16.5. The number of aromatic nitrogens is 1. The van der Waals surface area contributed by atoms with Crippen LogP contribution in [0, 0.1) is 0 Å². The molecule has 1 aliphatic rings. The number of anilines is 1. The number of hydrogen-bond acceptors (Lipinski definition) is 5. The fourth-order valence-corrected chi connectivity index (χ4v) is 2.17. The highest BCUT2D eigenvalue weighted by molar-refractivity contribution is 5.95. The van der Waals surface area contributed by atoms with Crippen LogP contribution < -0.4 is 10.2 Å². The summed E-state index contributed by atoms with van der Waals surface area (Å²) in [5, 5.41) is 3.34. The van der Waals surface area contributed by atoms with E-state index in [-0.39, 0.29) is 5.97 Å². The molecule has 5 heteroatoms. The maximum atomic E-state index is 11.8. The van der Waals surface area contributed by atoms with Crippen molar-refractivity contribution in [3.05, 3.63) is 22.9 Å². The van der Waals surface area contributed by atoms with Crippen LogP contribution in [0.3, 0.4) is 0 Å². The van der Waals surface area contributed by atoms with Crippen molar-refractivity contribution in [2.75, 3.05) is 39.2 Å². The number of methoxy groups -OCH3 is 1. The van der Waals surface area contributed by atoms with Gasteiger partial charge in [0.1, 0.15) is 11.4 Å². The lowest BCUT2D eigenvalue weighted by Gasteiger charge is -2.18. The molecular weight excluding hydrogens is 230 g/mol. The number of nitrogens with one attached hydrogen (secondary N) is 1. The number of carbonyl (C=O) groups excluding carboxylic acids is 1. The number of pyridine rings is 1. The van der Waals surface area contributed by atoms with E-state index in [9.17, 15) is 4.79 Å². The van der Waals surface area contributed by atoms with Gasteiger partial charge in [-0.15, -0.1) is 0 Å². The smallest absolute Gasteiger partial charge is 0.341 e. The number of fused-ring (bicyclic) bond motifs is 1. The van der Waals surface area contributed by atoms with E-state index in [0.29, 0.717) is 11.4 Å². The van der Waals surface area contributed by atoms with Gasteiger partial charge in [-0.3, -0.25) is 0 Å². The van der Waals surface area contributed by atoms with Gasteiger partial charge in [-0.1, -0.05) is 0 Å². The summed E-state index contributed by atoms with van der Waals surface area (Å²) in [7, 11) is 5.17. The molecule has 0 amide bonds. The number of esters is 1. The minimum absolute atomic E-state index is 0.328. The van der Waals surface area contributed by atoms with E-state index in [1.165, 1.54) is 7.11 Å². The van der Waals surface area contributed by atoms with Gasteiger partial charge in [-0.05, 0) is 24.6 Å². The SMILES string of the molecule is COC(=O)c1cc2c(nc1N(C)C)CCNCC2. The molecule has 0 bridgehead atoms. The summed E-state index contributed by atoms with van der Waals surface area (Å²) in [6.07, 6.45) is 1.80. The van der Waals surface area contributed by atoms with Crippen LogP contribution >= 0.6 is 0 Å². The van der Waals surface area contributed by atoms with Crippen molar-refractivity contribution < 1.29 is 9.53 Å². The van der Waals surface area contributed by atoms with Crippen molar-refractivity contribution >= 4 is 11.8 Å². The molecule has 1 aliphatic heterocycles. The standard InChI is InChI=1S/C13H19N3O2/c1-16(2)12-10(13(17)18-3)8-9-4-6-14-7-5-11(9)15-12/h8,14H,4-7H2,1-3H3. The first-order valence-corrected chi connectivity index (χ1v) is 6.12. The predicted molar refractivity (Wildman–Crippen MR) is 70.2 cm³/mol. The molecule has 1 N–H and O–H groups in total. The van der Waals surface area contributed by atoms with Gasteiger partial charge in [-0.25, -0.2) is 9.78 Å². The Hall–Kier alpha value is -1.62. The lowest BCUT2D eigenvalue weighted by atomic mass is 10.1.